The maximum Gasteiger partial charge on any atom is 0.184 e. The second-order valence-corrected chi connectivity index (χ2v) is 6.92. The summed E-state index contributed by atoms with van der Waals surface area (Å²) in [5, 5.41) is 8.17. The van der Waals surface area contributed by atoms with Crippen LogP contribution < -0.4 is 0 Å². The van der Waals surface area contributed by atoms with Gasteiger partial charge in [0.2, 0.25) is 0 Å². The Bertz CT molecular complexity index is 1090. The van der Waals surface area contributed by atoms with Gasteiger partial charge in [-0.3, -0.25) is 4.79 Å². The Morgan fingerprint density at radius 2 is 1.86 bits per heavy atom. The maximum absolute atomic E-state index is 12.7. The number of nitrogens with zero attached hydrogens (tertiary/aromatic N) is 4. The summed E-state index contributed by atoms with van der Waals surface area (Å²) < 4.78 is 1.96. The molecule has 0 atom stereocenters. The molecule has 0 aliphatic heterocycles. The minimum Gasteiger partial charge on any atom is -0.352 e. The standard InChI is InChI=1S/C22H21N5O/c1-15(2)27-14-23-26-22(27)20-10-6-9-17(24-20)13-21(28)19-12-11-18(25-19)16-7-4-3-5-8-16/h3-12,14-15,25H,13H2,1-2H3. The summed E-state index contributed by atoms with van der Waals surface area (Å²) in [6.07, 6.45) is 1.92. The number of aromatic nitrogens is 5. The van der Waals surface area contributed by atoms with E-state index in [0.717, 1.165) is 11.3 Å². The van der Waals surface area contributed by atoms with E-state index >= 15 is 0 Å². The Morgan fingerprint density at radius 1 is 1.04 bits per heavy atom. The van der Waals surface area contributed by atoms with E-state index in [1.54, 1.807) is 6.33 Å². The third kappa shape index (κ3) is 3.62. The lowest BCUT2D eigenvalue weighted by atomic mass is 10.1. The molecule has 140 valence electrons. The van der Waals surface area contributed by atoms with Gasteiger partial charge in [0.05, 0.1) is 12.1 Å². The van der Waals surface area contributed by atoms with Crippen LogP contribution in [0.5, 0.6) is 0 Å². The Morgan fingerprint density at radius 3 is 2.64 bits per heavy atom. The fraction of sp³-hybridized carbons (Fsp3) is 0.182. The molecular formula is C22H21N5O. The Hall–Kier alpha value is -3.54. The molecule has 0 saturated heterocycles. The first-order chi connectivity index (χ1) is 13.6. The van der Waals surface area contributed by atoms with Gasteiger partial charge in [0.1, 0.15) is 12.0 Å². The highest BCUT2D eigenvalue weighted by molar-refractivity contribution is 5.96. The number of carbonyl (C=O) groups excluding carboxylic acids is 1. The predicted octanol–water partition coefficient (Wildman–Crippen LogP) is 4.34. The molecule has 0 spiro atoms. The van der Waals surface area contributed by atoms with Crippen LogP contribution >= 0.6 is 0 Å². The van der Waals surface area contributed by atoms with Crippen LogP contribution in [-0.4, -0.2) is 30.5 Å². The number of carbonyl (C=O) groups is 1. The highest BCUT2D eigenvalue weighted by atomic mass is 16.1. The number of rotatable bonds is 6. The van der Waals surface area contributed by atoms with Crippen molar-refractivity contribution < 1.29 is 4.79 Å². The average Bonchev–Trinajstić information content (AvgIpc) is 3.39. The molecule has 4 aromatic rings. The molecule has 0 aliphatic rings. The van der Waals surface area contributed by atoms with Crippen LogP contribution in [-0.2, 0) is 6.42 Å². The molecular weight excluding hydrogens is 350 g/mol. The molecule has 0 amide bonds. The maximum atomic E-state index is 12.7. The first-order valence-electron chi connectivity index (χ1n) is 9.25. The SMILES string of the molecule is CC(C)n1cnnc1-c1cccc(CC(=O)c2ccc(-c3ccccc3)[nH]2)n1. The van der Waals surface area contributed by atoms with Gasteiger partial charge in [-0.05, 0) is 43.7 Å². The van der Waals surface area contributed by atoms with Crippen molar-refractivity contribution in [2.45, 2.75) is 26.3 Å². The molecule has 0 saturated carbocycles. The minimum absolute atomic E-state index is 0.00263. The fourth-order valence-corrected chi connectivity index (χ4v) is 3.11. The summed E-state index contributed by atoms with van der Waals surface area (Å²) in [4.78, 5) is 20.6. The number of benzene rings is 1. The first-order valence-corrected chi connectivity index (χ1v) is 9.25. The van der Waals surface area contributed by atoms with Crippen LogP contribution in [0, 0.1) is 0 Å². The average molecular weight is 371 g/mol. The third-order valence-corrected chi connectivity index (χ3v) is 4.58. The van der Waals surface area contributed by atoms with Gasteiger partial charge in [-0.15, -0.1) is 10.2 Å². The second-order valence-electron chi connectivity index (χ2n) is 6.92. The number of H-pyrrole nitrogens is 1. The third-order valence-electron chi connectivity index (χ3n) is 4.58. The molecule has 3 heterocycles. The lowest BCUT2D eigenvalue weighted by Gasteiger charge is -2.10. The topological polar surface area (TPSA) is 76.5 Å². The number of hydrogen-bond acceptors (Lipinski definition) is 4. The van der Waals surface area contributed by atoms with Crippen molar-refractivity contribution >= 4 is 5.78 Å². The van der Waals surface area contributed by atoms with E-state index in [9.17, 15) is 4.79 Å². The first kappa shape index (κ1) is 17.9. The van der Waals surface area contributed by atoms with Gasteiger partial charge in [0.25, 0.3) is 0 Å². The lowest BCUT2D eigenvalue weighted by molar-refractivity contribution is 0.0988. The molecule has 0 fully saturated rings. The highest BCUT2D eigenvalue weighted by Gasteiger charge is 2.14. The van der Waals surface area contributed by atoms with Crippen molar-refractivity contribution in [1.82, 2.24) is 24.7 Å². The van der Waals surface area contributed by atoms with E-state index in [-0.39, 0.29) is 18.2 Å². The number of pyridine rings is 1. The van der Waals surface area contributed by atoms with Gasteiger partial charge in [0, 0.05) is 17.4 Å². The van der Waals surface area contributed by atoms with Crippen LogP contribution in [0.1, 0.15) is 36.1 Å². The van der Waals surface area contributed by atoms with Crippen molar-refractivity contribution in [3.05, 3.63) is 78.4 Å². The molecule has 1 N–H and O–H groups in total. The summed E-state index contributed by atoms with van der Waals surface area (Å²) in [6.45, 7) is 4.13. The zero-order chi connectivity index (χ0) is 19.5. The minimum atomic E-state index is -0.00263. The van der Waals surface area contributed by atoms with E-state index in [1.807, 2.05) is 65.2 Å². The van der Waals surface area contributed by atoms with Crippen LogP contribution in [0.4, 0.5) is 0 Å². The molecule has 28 heavy (non-hydrogen) atoms. The normalized spacial score (nSPS) is 11.1. The van der Waals surface area contributed by atoms with E-state index in [0.29, 0.717) is 22.9 Å². The molecule has 6 nitrogen and oxygen atoms in total. The van der Waals surface area contributed by atoms with Crippen LogP contribution in [0.3, 0.4) is 0 Å². The van der Waals surface area contributed by atoms with Gasteiger partial charge in [0.15, 0.2) is 11.6 Å². The molecule has 0 aliphatic carbocycles. The van der Waals surface area contributed by atoms with Crippen molar-refractivity contribution in [1.29, 1.82) is 0 Å². The van der Waals surface area contributed by atoms with Crippen LogP contribution in [0.15, 0.2) is 67.0 Å². The highest BCUT2D eigenvalue weighted by Crippen LogP contribution is 2.20. The second kappa shape index (κ2) is 7.60. The number of aromatic amines is 1. The molecule has 0 bridgehead atoms. The zero-order valence-electron chi connectivity index (χ0n) is 15.8. The van der Waals surface area contributed by atoms with Gasteiger partial charge in [-0.25, -0.2) is 4.98 Å². The van der Waals surface area contributed by atoms with E-state index in [4.69, 9.17) is 0 Å². The van der Waals surface area contributed by atoms with E-state index in [1.165, 1.54) is 0 Å². The summed E-state index contributed by atoms with van der Waals surface area (Å²) in [5.74, 6) is 0.702. The molecule has 4 rings (SSSR count). The quantitative estimate of drug-likeness (QED) is 0.512. The molecule has 0 radical (unpaired) electrons. The fourth-order valence-electron chi connectivity index (χ4n) is 3.11. The number of ketones is 1. The summed E-state index contributed by atoms with van der Waals surface area (Å²) in [6, 6.07) is 19.6. The van der Waals surface area contributed by atoms with Gasteiger partial charge >= 0.3 is 0 Å². The monoisotopic (exact) mass is 371 g/mol. The Labute approximate surface area is 163 Å². The summed E-state index contributed by atoms with van der Waals surface area (Å²) in [7, 11) is 0. The van der Waals surface area contributed by atoms with Crippen molar-refractivity contribution in [3.8, 4) is 22.8 Å². The van der Waals surface area contributed by atoms with Crippen LogP contribution in [0.2, 0.25) is 0 Å². The predicted molar refractivity (Wildman–Crippen MR) is 108 cm³/mol. The Kier molecular flexibility index (Phi) is 4.85. The molecule has 6 heteroatoms. The van der Waals surface area contributed by atoms with E-state index < -0.39 is 0 Å². The van der Waals surface area contributed by atoms with Crippen molar-refractivity contribution in [3.63, 3.8) is 0 Å². The molecule has 1 aromatic carbocycles. The van der Waals surface area contributed by atoms with Gasteiger partial charge in [-0.2, -0.15) is 0 Å². The smallest absolute Gasteiger partial charge is 0.184 e. The zero-order valence-corrected chi connectivity index (χ0v) is 15.8. The largest absolute Gasteiger partial charge is 0.352 e. The van der Waals surface area contributed by atoms with Crippen molar-refractivity contribution in [2.75, 3.05) is 0 Å². The van der Waals surface area contributed by atoms with Gasteiger partial charge < -0.3 is 9.55 Å². The molecule has 3 aromatic heterocycles. The number of nitrogens with one attached hydrogen (secondary N) is 1. The summed E-state index contributed by atoms with van der Waals surface area (Å²) in [5.41, 5.74) is 3.98. The van der Waals surface area contributed by atoms with Gasteiger partial charge in [-0.1, -0.05) is 36.4 Å². The lowest BCUT2D eigenvalue weighted by Crippen LogP contribution is -2.07. The summed E-state index contributed by atoms with van der Waals surface area (Å²) >= 11 is 0. The Balaban J connectivity index is 1.54. The molecule has 0 unspecified atom stereocenters. The van der Waals surface area contributed by atoms with Crippen LogP contribution in [0.25, 0.3) is 22.8 Å². The number of Topliss-reactive ketones (excluding diaryl/α,β-unsaturated/α-hetero) is 1. The van der Waals surface area contributed by atoms with E-state index in [2.05, 4.69) is 34.0 Å². The van der Waals surface area contributed by atoms with Crippen molar-refractivity contribution in [2.24, 2.45) is 0 Å². The number of hydrogen-bond donors (Lipinski definition) is 1.